The van der Waals surface area contributed by atoms with Gasteiger partial charge in [0.2, 0.25) is 0 Å². The molecule has 1 rings (SSSR count). The summed E-state index contributed by atoms with van der Waals surface area (Å²) in [5.41, 5.74) is 0.400. The van der Waals surface area contributed by atoms with Gasteiger partial charge in [-0.05, 0) is 23.8 Å². The van der Waals surface area contributed by atoms with Crippen molar-refractivity contribution in [2.45, 2.75) is 11.3 Å². The number of Topliss-reactive ketones (excluding diaryl/α,β-unsaturated/α-hetero) is 1. The van der Waals surface area contributed by atoms with Crippen LogP contribution >= 0.6 is 28.6 Å². The van der Waals surface area contributed by atoms with E-state index < -0.39 is 0 Å². The van der Waals surface area contributed by atoms with Gasteiger partial charge in [0, 0.05) is 11.3 Å². The molecule has 4 heteroatoms. The predicted octanol–water partition coefficient (Wildman–Crippen LogP) is 2.62. The van der Waals surface area contributed by atoms with E-state index in [-0.39, 0.29) is 23.4 Å². The van der Waals surface area contributed by atoms with Gasteiger partial charge in [-0.15, -0.1) is 12.6 Å². The second-order valence-electron chi connectivity index (χ2n) is 2.62. The minimum atomic E-state index is -0.355. The highest BCUT2D eigenvalue weighted by Gasteiger charge is 2.06. The molecule has 0 heterocycles. The Kier molecular flexibility index (Phi) is 3.93. The molecule has 0 aromatic heterocycles. The second kappa shape index (κ2) is 4.77. The minimum Gasteiger partial charge on any atom is -0.298 e. The van der Waals surface area contributed by atoms with Gasteiger partial charge in [-0.2, -0.15) is 0 Å². The lowest BCUT2D eigenvalue weighted by molar-refractivity contribution is -0.115. The Morgan fingerprint density at radius 1 is 1.54 bits per heavy atom. The Labute approximate surface area is 89.9 Å². The number of alkyl halides is 1. The zero-order valence-corrected chi connectivity index (χ0v) is 9.24. The number of hydrogen-bond donors (Lipinski definition) is 1. The molecular formula is C9H8BrFOS. The molecule has 0 amide bonds. The highest BCUT2D eigenvalue weighted by Crippen LogP contribution is 2.14. The first-order chi connectivity index (χ1) is 6.13. The fourth-order valence-corrected chi connectivity index (χ4v) is 1.38. The standard InChI is InChI=1S/C9H8BrFOS/c10-5-7(12)3-6-4-8(13)1-2-9(6)11/h1-2,4,13H,3,5H2. The molecular weight excluding hydrogens is 255 g/mol. The van der Waals surface area contributed by atoms with Crippen LogP contribution in [0.2, 0.25) is 0 Å². The van der Waals surface area contributed by atoms with Crippen molar-refractivity contribution in [1.29, 1.82) is 0 Å². The van der Waals surface area contributed by atoms with Crippen molar-refractivity contribution < 1.29 is 9.18 Å². The Morgan fingerprint density at radius 3 is 2.85 bits per heavy atom. The van der Waals surface area contributed by atoms with Gasteiger partial charge in [0.05, 0.1) is 5.33 Å². The number of halogens is 2. The number of thiol groups is 1. The summed E-state index contributed by atoms with van der Waals surface area (Å²) >= 11 is 7.09. The number of rotatable bonds is 3. The largest absolute Gasteiger partial charge is 0.298 e. The number of carbonyl (C=O) groups is 1. The van der Waals surface area contributed by atoms with Crippen LogP contribution in [0.5, 0.6) is 0 Å². The zero-order chi connectivity index (χ0) is 9.84. The first-order valence-corrected chi connectivity index (χ1v) is 5.25. The third-order valence-electron chi connectivity index (χ3n) is 1.57. The van der Waals surface area contributed by atoms with E-state index in [0.717, 1.165) is 0 Å². The van der Waals surface area contributed by atoms with Crippen molar-refractivity contribution in [3.63, 3.8) is 0 Å². The molecule has 0 bridgehead atoms. The molecule has 0 unspecified atom stereocenters. The Balaban J connectivity index is 2.87. The summed E-state index contributed by atoms with van der Waals surface area (Å²) in [7, 11) is 0. The molecule has 0 fully saturated rings. The van der Waals surface area contributed by atoms with Crippen LogP contribution in [0.3, 0.4) is 0 Å². The van der Waals surface area contributed by atoms with E-state index in [1.54, 1.807) is 12.1 Å². The Bertz CT molecular complexity index is 327. The van der Waals surface area contributed by atoms with Crippen LogP contribution in [0, 0.1) is 5.82 Å². The number of hydrogen-bond acceptors (Lipinski definition) is 2. The van der Waals surface area contributed by atoms with Crippen molar-refractivity contribution in [2.75, 3.05) is 5.33 Å². The second-order valence-corrected chi connectivity index (χ2v) is 3.70. The molecule has 70 valence electrons. The quantitative estimate of drug-likeness (QED) is 0.655. The van der Waals surface area contributed by atoms with E-state index in [0.29, 0.717) is 10.5 Å². The monoisotopic (exact) mass is 262 g/mol. The van der Waals surface area contributed by atoms with Crippen LogP contribution in [-0.2, 0) is 11.2 Å². The fraction of sp³-hybridized carbons (Fsp3) is 0.222. The summed E-state index contributed by atoms with van der Waals surface area (Å²) in [4.78, 5) is 11.7. The fourth-order valence-electron chi connectivity index (χ4n) is 0.956. The molecule has 0 atom stereocenters. The highest BCUT2D eigenvalue weighted by atomic mass is 79.9. The summed E-state index contributed by atoms with van der Waals surface area (Å²) in [6.45, 7) is 0. The van der Waals surface area contributed by atoms with Crippen molar-refractivity contribution in [2.24, 2.45) is 0 Å². The summed E-state index contributed by atoms with van der Waals surface area (Å²) in [5.74, 6) is -0.398. The minimum absolute atomic E-state index is 0.0437. The van der Waals surface area contributed by atoms with Crippen LogP contribution in [0.4, 0.5) is 4.39 Å². The van der Waals surface area contributed by atoms with Gasteiger partial charge < -0.3 is 0 Å². The average molecular weight is 263 g/mol. The normalized spacial score (nSPS) is 10.1. The highest BCUT2D eigenvalue weighted by molar-refractivity contribution is 9.09. The molecule has 0 spiro atoms. The number of benzene rings is 1. The van der Waals surface area contributed by atoms with Gasteiger partial charge in [-0.1, -0.05) is 15.9 Å². The summed E-state index contributed by atoms with van der Waals surface area (Å²) in [5, 5.41) is 0.253. The Morgan fingerprint density at radius 2 is 2.23 bits per heavy atom. The van der Waals surface area contributed by atoms with Gasteiger partial charge in [0.1, 0.15) is 11.6 Å². The molecule has 0 saturated carbocycles. The number of carbonyl (C=O) groups excluding carboxylic acids is 1. The van der Waals surface area contributed by atoms with Crippen LogP contribution in [-0.4, -0.2) is 11.1 Å². The predicted molar refractivity (Wildman–Crippen MR) is 56.2 cm³/mol. The lowest BCUT2D eigenvalue weighted by Gasteiger charge is -2.01. The van der Waals surface area contributed by atoms with Crippen molar-refractivity contribution in [3.8, 4) is 0 Å². The van der Waals surface area contributed by atoms with E-state index in [1.165, 1.54) is 6.07 Å². The molecule has 0 N–H and O–H groups in total. The summed E-state index contributed by atoms with van der Waals surface area (Å²) < 4.78 is 13.1. The molecule has 13 heavy (non-hydrogen) atoms. The lowest BCUT2D eigenvalue weighted by atomic mass is 10.1. The molecule has 1 aromatic carbocycles. The van der Waals surface area contributed by atoms with Crippen molar-refractivity contribution >= 4 is 34.3 Å². The molecule has 1 nitrogen and oxygen atoms in total. The first kappa shape index (κ1) is 10.7. The smallest absolute Gasteiger partial charge is 0.147 e. The zero-order valence-electron chi connectivity index (χ0n) is 6.76. The lowest BCUT2D eigenvalue weighted by Crippen LogP contribution is -2.05. The SMILES string of the molecule is O=C(CBr)Cc1cc(S)ccc1F. The molecule has 0 aliphatic carbocycles. The first-order valence-electron chi connectivity index (χ1n) is 3.68. The van der Waals surface area contributed by atoms with Gasteiger partial charge >= 0.3 is 0 Å². The number of ketones is 1. The topological polar surface area (TPSA) is 17.1 Å². The summed E-state index contributed by atoms with van der Waals surface area (Å²) in [6, 6.07) is 4.44. The molecule has 0 aliphatic heterocycles. The van der Waals surface area contributed by atoms with Crippen LogP contribution in [0.1, 0.15) is 5.56 Å². The maximum absolute atomic E-state index is 13.1. The van der Waals surface area contributed by atoms with Gasteiger partial charge in [0.25, 0.3) is 0 Å². The van der Waals surface area contributed by atoms with E-state index in [4.69, 9.17) is 0 Å². The molecule has 0 radical (unpaired) electrons. The van der Waals surface area contributed by atoms with Crippen LogP contribution in [0.25, 0.3) is 0 Å². The molecule has 0 saturated heterocycles. The Hall–Kier alpha value is -0.350. The van der Waals surface area contributed by atoms with E-state index >= 15 is 0 Å². The van der Waals surface area contributed by atoms with Crippen molar-refractivity contribution in [3.05, 3.63) is 29.6 Å². The molecule has 0 aliphatic rings. The molecule has 1 aromatic rings. The van der Waals surface area contributed by atoms with E-state index in [2.05, 4.69) is 28.6 Å². The third kappa shape index (κ3) is 3.12. The van der Waals surface area contributed by atoms with E-state index in [1.807, 2.05) is 0 Å². The van der Waals surface area contributed by atoms with Gasteiger partial charge in [-0.3, -0.25) is 4.79 Å². The third-order valence-corrected chi connectivity index (χ3v) is 2.47. The maximum atomic E-state index is 13.1. The van der Waals surface area contributed by atoms with Crippen LogP contribution < -0.4 is 0 Å². The maximum Gasteiger partial charge on any atom is 0.147 e. The van der Waals surface area contributed by atoms with Crippen LogP contribution in [0.15, 0.2) is 23.1 Å². The van der Waals surface area contributed by atoms with Crippen molar-refractivity contribution in [1.82, 2.24) is 0 Å². The van der Waals surface area contributed by atoms with Gasteiger partial charge in [-0.25, -0.2) is 4.39 Å². The summed E-state index contributed by atoms with van der Waals surface area (Å²) in [6.07, 6.45) is 0.117. The average Bonchev–Trinajstić information content (AvgIpc) is 2.11. The van der Waals surface area contributed by atoms with Gasteiger partial charge in [0.15, 0.2) is 0 Å². The van der Waals surface area contributed by atoms with E-state index in [9.17, 15) is 9.18 Å².